The van der Waals surface area contributed by atoms with E-state index in [-0.39, 0.29) is 24.9 Å². The van der Waals surface area contributed by atoms with Gasteiger partial charge in [0, 0.05) is 18.5 Å². The van der Waals surface area contributed by atoms with E-state index in [0.29, 0.717) is 24.3 Å². The molecule has 0 aliphatic rings. The van der Waals surface area contributed by atoms with Gasteiger partial charge in [-0.25, -0.2) is 0 Å². The van der Waals surface area contributed by atoms with Gasteiger partial charge in [0.15, 0.2) is 6.61 Å². The number of rotatable bonds is 8. The van der Waals surface area contributed by atoms with Crippen LogP contribution < -0.4 is 15.8 Å². The molecule has 0 unspecified atom stereocenters. The lowest BCUT2D eigenvalue weighted by Crippen LogP contribution is -2.30. The van der Waals surface area contributed by atoms with Crippen molar-refractivity contribution in [1.29, 1.82) is 0 Å². The molecule has 0 bridgehead atoms. The number of carbonyl (C=O) groups excluding carboxylic acids is 3. The first kappa shape index (κ1) is 16.5. The SMILES string of the molecule is COC(=O)CCCNC(=O)COc1ccc(C(N)=O)cc1. The topological polar surface area (TPSA) is 108 Å². The molecule has 0 radical (unpaired) electrons. The third-order valence-corrected chi connectivity index (χ3v) is 2.62. The molecule has 1 aromatic rings. The third kappa shape index (κ3) is 6.42. The Kier molecular flexibility index (Phi) is 6.73. The summed E-state index contributed by atoms with van der Waals surface area (Å²) < 4.78 is 9.73. The van der Waals surface area contributed by atoms with Crippen molar-refractivity contribution in [2.24, 2.45) is 5.73 Å². The van der Waals surface area contributed by atoms with Crippen LogP contribution in [0.1, 0.15) is 23.2 Å². The van der Waals surface area contributed by atoms with Crippen molar-refractivity contribution in [2.45, 2.75) is 12.8 Å². The molecule has 3 N–H and O–H groups in total. The predicted molar refractivity (Wildman–Crippen MR) is 74.7 cm³/mol. The zero-order valence-corrected chi connectivity index (χ0v) is 11.8. The van der Waals surface area contributed by atoms with Crippen molar-refractivity contribution in [3.05, 3.63) is 29.8 Å². The van der Waals surface area contributed by atoms with Crippen LogP contribution >= 0.6 is 0 Å². The Morgan fingerprint density at radius 2 is 1.86 bits per heavy atom. The molecule has 7 nitrogen and oxygen atoms in total. The second-order valence-corrected chi connectivity index (χ2v) is 4.21. The summed E-state index contributed by atoms with van der Waals surface area (Å²) >= 11 is 0. The first-order valence-corrected chi connectivity index (χ1v) is 6.39. The van der Waals surface area contributed by atoms with Crippen LogP contribution in [0, 0.1) is 0 Å². The third-order valence-electron chi connectivity index (χ3n) is 2.62. The summed E-state index contributed by atoms with van der Waals surface area (Å²) in [6.07, 6.45) is 0.762. The van der Waals surface area contributed by atoms with Gasteiger partial charge in [0.1, 0.15) is 5.75 Å². The number of carbonyl (C=O) groups is 3. The van der Waals surface area contributed by atoms with Gasteiger partial charge in [0.25, 0.3) is 5.91 Å². The predicted octanol–water partition coefficient (Wildman–Crippen LogP) is 0.234. The Morgan fingerprint density at radius 3 is 2.43 bits per heavy atom. The summed E-state index contributed by atoms with van der Waals surface area (Å²) in [7, 11) is 1.32. The molecule has 2 amide bonds. The molecule has 7 heteroatoms. The van der Waals surface area contributed by atoms with Gasteiger partial charge in [-0.05, 0) is 30.7 Å². The highest BCUT2D eigenvalue weighted by Gasteiger charge is 2.05. The van der Waals surface area contributed by atoms with Crippen LogP contribution in [0.15, 0.2) is 24.3 Å². The van der Waals surface area contributed by atoms with Crippen LogP contribution in [-0.2, 0) is 14.3 Å². The second-order valence-electron chi connectivity index (χ2n) is 4.21. The lowest BCUT2D eigenvalue weighted by molar-refractivity contribution is -0.140. The molecular formula is C14H18N2O5. The Bertz CT molecular complexity index is 499. The number of nitrogens with one attached hydrogen (secondary N) is 1. The molecule has 0 fully saturated rings. The van der Waals surface area contributed by atoms with Crippen molar-refractivity contribution < 1.29 is 23.9 Å². The Hall–Kier alpha value is -2.57. The smallest absolute Gasteiger partial charge is 0.305 e. The van der Waals surface area contributed by atoms with Gasteiger partial charge in [0.05, 0.1) is 7.11 Å². The van der Waals surface area contributed by atoms with E-state index in [0.717, 1.165) is 0 Å². The van der Waals surface area contributed by atoms with E-state index in [2.05, 4.69) is 10.1 Å². The molecule has 21 heavy (non-hydrogen) atoms. The van der Waals surface area contributed by atoms with E-state index in [4.69, 9.17) is 10.5 Å². The minimum atomic E-state index is -0.523. The summed E-state index contributed by atoms with van der Waals surface area (Å²) in [5, 5.41) is 2.62. The summed E-state index contributed by atoms with van der Waals surface area (Å²) in [4.78, 5) is 33.2. The monoisotopic (exact) mass is 294 g/mol. The van der Waals surface area contributed by atoms with E-state index in [1.165, 1.54) is 19.2 Å². The highest BCUT2D eigenvalue weighted by Crippen LogP contribution is 2.11. The molecule has 1 aromatic carbocycles. The lowest BCUT2D eigenvalue weighted by Gasteiger charge is -2.07. The minimum Gasteiger partial charge on any atom is -0.484 e. The van der Waals surface area contributed by atoms with Crippen molar-refractivity contribution in [3.63, 3.8) is 0 Å². The van der Waals surface area contributed by atoms with Gasteiger partial charge in [-0.1, -0.05) is 0 Å². The van der Waals surface area contributed by atoms with E-state index in [1.54, 1.807) is 12.1 Å². The fraction of sp³-hybridized carbons (Fsp3) is 0.357. The van der Waals surface area contributed by atoms with Gasteiger partial charge in [0.2, 0.25) is 5.91 Å². The first-order chi connectivity index (χ1) is 10.0. The van der Waals surface area contributed by atoms with E-state index in [9.17, 15) is 14.4 Å². The fourth-order valence-corrected chi connectivity index (χ4v) is 1.48. The van der Waals surface area contributed by atoms with Gasteiger partial charge >= 0.3 is 5.97 Å². The van der Waals surface area contributed by atoms with Crippen LogP contribution in [0.25, 0.3) is 0 Å². The highest BCUT2D eigenvalue weighted by molar-refractivity contribution is 5.92. The summed E-state index contributed by atoms with van der Waals surface area (Å²) in [6, 6.07) is 6.16. The number of ether oxygens (including phenoxy) is 2. The quantitative estimate of drug-likeness (QED) is 0.527. The van der Waals surface area contributed by atoms with Crippen molar-refractivity contribution in [3.8, 4) is 5.75 Å². The average Bonchev–Trinajstić information content (AvgIpc) is 2.49. The molecular weight excluding hydrogens is 276 g/mol. The lowest BCUT2D eigenvalue weighted by atomic mass is 10.2. The van der Waals surface area contributed by atoms with E-state index in [1.807, 2.05) is 0 Å². The molecule has 0 atom stereocenters. The molecule has 0 aliphatic heterocycles. The Balaban J connectivity index is 2.23. The van der Waals surface area contributed by atoms with Crippen LogP contribution in [0.2, 0.25) is 0 Å². The number of esters is 1. The zero-order valence-electron chi connectivity index (χ0n) is 11.8. The maximum atomic E-state index is 11.5. The van der Waals surface area contributed by atoms with Crippen LogP contribution in [0.3, 0.4) is 0 Å². The second kappa shape index (κ2) is 8.57. The molecule has 0 saturated heterocycles. The number of benzene rings is 1. The molecule has 114 valence electrons. The normalized spacial score (nSPS) is 9.76. The first-order valence-electron chi connectivity index (χ1n) is 6.39. The maximum absolute atomic E-state index is 11.5. The molecule has 0 aromatic heterocycles. The Labute approximate surface area is 122 Å². The summed E-state index contributed by atoms with van der Waals surface area (Å²) in [5.74, 6) is -0.663. The van der Waals surface area contributed by atoms with Gasteiger partial charge in [-0.15, -0.1) is 0 Å². The molecule has 0 heterocycles. The number of hydrogen-bond donors (Lipinski definition) is 2. The molecule has 0 spiro atoms. The van der Waals surface area contributed by atoms with Gasteiger partial charge in [-0.2, -0.15) is 0 Å². The van der Waals surface area contributed by atoms with Gasteiger partial charge in [-0.3, -0.25) is 14.4 Å². The molecule has 1 rings (SSSR count). The molecule has 0 aliphatic carbocycles. The number of nitrogens with two attached hydrogens (primary N) is 1. The molecule has 0 saturated carbocycles. The van der Waals surface area contributed by atoms with E-state index >= 15 is 0 Å². The highest BCUT2D eigenvalue weighted by atomic mass is 16.5. The number of amides is 2. The summed E-state index contributed by atoms with van der Waals surface area (Å²) in [6.45, 7) is 0.228. The van der Waals surface area contributed by atoms with Gasteiger partial charge < -0.3 is 20.5 Å². The minimum absolute atomic E-state index is 0.145. The standard InChI is InChI=1S/C14H18N2O5/c1-20-13(18)3-2-8-16-12(17)9-21-11-6-4-10(5-7-11)14(15)19/h4-7H,2-3,8-9H2,1H3,(H2,15,19)(H,16,17). The van der Waals surface area contributed by atoms with Crippen molar-refractivity contribution in [2.75, 3.05) is 20.3 Å². The number of hydrogen-bond acceptors (Lipinski definition) is 5. The van der Waals surface area contributed by atoms with E-state index < -0.39 is 5.91 Å². The fourth-order valence-electron chi connectivity index (χ4n) is 1.48. The number of methoxy groups -OCH3 is 1. The Morgan fingerprint density at radius 1 is 1.19 bits per heavy atom. The van der Waals surface area contributed by atoms with Crippen LogP contribution in [0.4, 0.5) is 0 Å². The zero-order chi connectivity index (χ0) is 15.7. The largest absolute Gasteiger partial charge is 0.484 e. The van der Waals surface area contributed by atoms with Crippen molar-refractivity contribution >= 4 is 17.8 Å². The van der Waals surface area contributed by atoms with Crippen LogP contribution in [0.5, 0.6) is 5.75 Å². The average molecular weight is 294 g/mol. The number of primary amides is 1. The maximum Gasteiger partial charge on any atom is 0.305 e. The summed E-state index contributed by atoms with van der Waals surface area (Å²) in [5.41, 5.74) is 5.48. The van der Waals surface area contributed by atoms with Crippen molar-refractivity contribution in [1.82, 2.24) is 5.32 Å². The van der Waals surface area contributed by atoms with Crippen LogP contribution in [-0.4, -0.2) is 38.0 Å².